The maximum absolute atomic E-state index is 12.6. The fraction of sp³-hybridized carbons (Fsp3) is 0.200. The first kappa shape index (κ1) is 16.8. The summed E-state index contributed by atoms with van der Waals surface area (Å²) in [4.78, 5) is 24.4. The van der Waals surface area contributed by atoms with E-state index in [0.717, 1.165) is 22.2 Å². The fourth-order valence-corrected chi connectivity index (χ4v) is 3.06. The molecule has 0 aliphatic carbocycles. The maximum atomic E-state index is 12.6. The molecule has 25 heavy (non-hydrogen) atoms. The van der Waals surface area contributed by atoms with Crippen LogP contribution in [0.1, 0.15) is 21.6 Å². The predicted molar refractivity (Wildman–Crippen MR) is 97.8 cm³/mol. The van der Waals surface area contributed by atoms with Crippen LogP contribution < -0.4 is 5.32 Å². The van der Waals surface area contributed by atoms with E-state index >= 15 is 0 Å². The summed E-state index contributed by atoms with van der Waals surface area (Å²) in [6.07, 6.45) is 0.239. The SMILES string of the molecule is COC(=O)c1ccccc1NC(=O)Cc1c(C)n(C)c2ccccc12. The number of hydrogen-bond donors (Lipinski definition) is 1. The van der Waals surface area contributed by atoms with Crippen LogP contribution in [0.3, 0.4) is 0 Å². The molecule has 0 fully saturated rings. The third kappa shape index (κ3) is 3.13. The number of nitrogens with one attached hydrogen (secondary N) is 1. The number of methoxy groups -OCH3 is 1. The molecule has 128 valence electrons. The van der Waals surface area contributed by atoms with Gasteiger partial charge in [-0.3, -0.25) is 4.79 Å². The zero-order chi connectivity index (χ0) is 18.0. The number of amides is 1. The summed E-state index contributed by atoms with van der Waals surface area (Å²) < 4.78 is 6.85. The van der Waals surface area contributed by atoms with Crippen LogP contribution in [0.15, 0.2) is 48.5 Å². The van der Waals surface area contributed by atoms with Crippen LogP contribution >= 0.6 is 0 Å². The van der Waals surface area contributed by atoms with Crippen LogP contribution in [0.25, 0.3) is 10.9 Å². The van der Waals surface area contributed by atoms with Gasteiger partial charge in [-0.1, -0.05) is 30.3 Å². The lowest BCUT2D eigenvalue weighted by Gasteiger charge is -2.10. The molecule has 0 unspecified atom stereocenters. The lowest BCUT2D eigenvalue weighted by molar-refractivity contribution is -0.115. The molecule has 5 nitrogen and oxygen atoms in total. The van der Waals surface area contributed by atoms with Gasteiger partial charge < -0.3 is 14.6 Å². The number of para-hydroxylation sites is 2. The van der Waals surface area contributed by atoms with Gasteiger partial charge in [0.1, 0.15) is 0 Å². The molecule has 0 aliphatic heterocycles. The van der Waals surface area contributed by atoms with E-state index in [4.69, 9.17) is 4.74 Å². The highest BCUT2D eigenvalue weighted by Gasteiger charge is 2.17. The van der Waals surface area contributed by atoms with Gasteiger partial charge in [0.15, 0.2) is 0 Å². The van der Waals surface area contributed by atoms with Crippen molar-refractivity contribution in [1.82, 2.24) is 4.57 Å². The Morgan fingerprint density at radius 1 is 1.08 bits per heavy atom. The van der Waals surface area contributed by atoms with Crippen molar-refractivity contribution < 1.29 is 14.3 Å². The average Bonchev–Trinajstić information content (AvgIpc) is 2.87. The molecule has 1 amide bonds. The Labute approximate surface area is 146 Å². The van der Waals surface area contributed by atoms with Gasteiger partial charge in [-0.25, -0.2) is 4.79 Å². The second-order valence-corrected chi connectivity index (χ2v) is 5.90. The Balaban J connectivity index is 1.88. The van der Waals surface area contributed by atoms with Crippen molar-refractivity contribution in [2.24, 2.45) is 7.05 Å². The van der Waals surface area contributed by atoms with Gasteiger partial charge in [-0.15, -0.1) is 0 Å². The van der Waals surface area contributed by atoms with E-state index in [1.165, 1.54) is 7.11 Å². The summed E-state index contributed by atoms with van der Waals surface area (Å²) in [6.45, 7) is 2.00. The number of aromatic nitrogens is 1. The van der Waals surface area contributed by atoms with Crippen molar-refractivity contribution in [3.8, 4) is 0 Å². The van der Waals surface area contributed by atoms with Gasteiger partial charge in [0.05, 0.1) is 24.8 Å². The van der Waals surface area contributed by atoms with Crippen LogP contribution in [0.5, 0.6) is 0 Å². The van der Waals surface area contributed by atoms with Gasteiger partial charge in [0.25, 0.3) is 0 Å². The Bertz CT molecular complexity index is 957. The van der Waals surface area contributed by atoms with Crippen LogP contribution in [-0.2, 0) is 23.0 Å². The molecule has 0 atom stereocenters. The first-order valence-electron chi connectivity index (χ1n) is 8.03. The van der Waals surface area contributed by atoms with E-state index in [1.807, 2.05) is 38.2 Å². The van der Waals surface area contributed by atoms with Gasteiger partial charge in [0.2, 0.25) is 5.91 Å². The summed E-state index contributed by atoms with van der Waals surface area (Å²) in [6, 6.07) is 14.8. The minimum atomic E-state index is -0.475. The number of anilines is 1. The predicted octanol–water partition coefficient (Wildman–Crippen LogP) is 3.45. The molecule has 0 saturated heterocycles. The van der Waals surface area contributed by atoms with E-state index in [0.29, 0.717) is 11.3 Å². The standard InChI is InChI=1S/C20H20N2O3/c1-13-16(14-8-5-7-11-18(14)22(13)2)12-19(23)21-17-10-6-4-9-15(17)20(24)25-3/h4-11H,12H2,1-3H3,(H,21,23). The normalized spacial score (nSPS) is 10.7. The Kier molecular flexibility index (Phi) is 4.57. The average molecular weight is 336 g/mol. The van der Waals surface area contributed by atoms with E-state index < -0.39 is 5.97 Å². The highest BCUT2D eigenvalue weighted by atomic mass is 16.5. The number of fused-ring (bicyclic) bond motifs is 1. The van der Waals surface area contributed by atoms with Crippen molar-refractivity contribution in [3.63, 3.8) is 0 Å². The number of carbonyl (C=O) groups is 2. The number of ether oxygens (including phenoxy) is 1. The quantitative estimate of drug-likeness (QED) is 0.742. The van der Waals surface area contributed by atoms with Gasteiger partial charge >= 0.3 is 5.97 Å². The number of rotatable bonds is 4. The molecule has 3 rings (SSSR count). The molecule has 2 aromatic carbocycles. The lowest BCUT2D eigenvalue weighted by atomic mass is 10.1. The van der Waals surface area contributed by atoms with Gasteiger partial charge in [-0.05, 0) is 30.7 Å². The molecule has 1 heterocycles. The van der Waals surface area contributed by atoms with Gasteiger partial charge in [0, 0.05) is 23.6 Å². The van der Waals surface area contributed by atoms with Crippen molar-refractivity contribution in [1.29, 1.82) is 0 Å². The minimum absolute atomic E-state index is 0.171. The number of carbonyl (C=O) groups excluding carboxylic acids is 2. The smallest absolute Gasteiger partial charge is 0.339 e. The summed E-state index contributed by atoms with van der Waals surface area (Å²) in [5.74, 6) is -0.645. The molecule has 5 heteroatoms. The maximum Gasteiger partial charge on any atom is 0.339 e. The van der Waals surface area contributed by atoms with Crippen molar-refractivity contribution >= 4 is 28.5 Å². The third-order valence-corrected chi connectivity index (χ3v) is 4.47. The second-order valence-electron chi connectivity index (χ2n) is 5.90. The van der Waals surface area contributed by atoms with E-state index in [1.54, 1.807) is 24.3 Å². The fourth-order valence-electron chi connectivity index (χ4n) is 3.06. The first-order valence-corrected chi connectivity index (χ1v) is 8.03. The number of hydrogen-bond acceptors (Lipinski definition) is 3. The summed E-state index contributed by atoms with van der Waals surface area (Å²) in [7, 11) is 3.31. The zero-order valence-corrected chi connectivity index (χ0v) is 14.5. The summed E-state index contributed by atoms with van der Waals surface area (Å²) in [5.41, 5.74) is 3.94. The molecule has 0 radical (unpaired) electrons. The van der Waals surface area contributed by atoms with Crippen molar-refractivity contribution in [2.75, 3.05) is 12.4 Å². The Morgan fingerprint density at radius 2 is 1.76 bits per heavy atom. The van der Waals surface area contributed by atoms with Crippen LogP contribution in [0, 0.1) is 6.92 Å². The van der Waals surface area contributed by atoms with Crippen LogP contribution in [0.4, 0.5) is 5.69 Å². The second kappa shape index (κ2) is 6.81. The molecule has 0 aliphatic rings. The Morgan fingerprint density at radius 3 is 2.52 bits per heavy atom. The third-order valence-electron chi connectivity index (χ3n) is 4.47. The largest absolute Gasteiger partial charge is 0.465 e. The van der Waals surface area contributed by atoms with Crippen LogP contribution in [-0.4, -0.2) is 23.6 Å². The molecule has 0 spiro atoms. The topological polar surface area (TPSA) is 60.3 Å². The zero-order valence-electron chi connectivity index (χ0n) is 14.5. The summed E-state index contributed by atoms with van der Waals surface area (Å²) >= 11 is 0. The van der Waals surface area contributed by atoms with E-state index in [9.17, 15) is 9.59 Å². The Hall–Kier alpha value is -3.08. The van der Waals surface area contributed by atoms with Crippen molar-refractivity contribution in [3.05, 3.63) is 65.4 Å². The molecule has 1 aromatic heterocycles. The molecule has 3 aromatic rings. The number of benzene rings is 2. The molecule has 0 saturated carbocycles. The minimum Gasteiger partial charge on any atom is -0.465 e. The molecule has 1 N–H and O–H groups in total. The van der Waals surface area contributed by atoms with E-state index in [2.05, 4.69) is 9.88 Å². The van der Waals surface area contributed by atoms with E-state index in [-0.39, 0.29) is 12.3 Å². The highest BCUT2D eigenvalue weighted by Crippen LogP contribution is 2.25. The first-order chi connectivity index (χ1) is 12.0. The number of esters is 1. The van der Waals surface area contributed by atoms with Crippen LogP contribution in [0.2, 0.25) is 0 Å². The van der Waals surface area contributed by atoms with Crippen molar-refractivity contribution in [2.45, 2.75) is 13.3 Å². The summed E-state index contributed by atoms with van der Waals surface area (Å²) in [5, 5.41) is 3.89. The monoisotopic (exact) mass is 336 g/mol. The number of aryl methyl sites for hydroxylation is 1. The number of nitrogens with zero attached hydrogens (tertiary/aromatic N) is 1. The molecular weight excluding hydrogens is 316 g/mol. The lowest BCUT2D eigenvalue weighted by Crippen LogP contribution is -2.17. The van der Waals surface area contributed by atoms with Gasteiger partial charge in [-0.2, -0.15) is 0 Å². The highest BCUT2D eigenvalue weighted by molar-refractivity contribution is 6.02. The molecule has 0 bridgehead atoms. The molecular formula is C20H20N2O3.